The second-order valence-electron chi connectivity index (χ2n) is 8.47. The molecule has 0 saturated heterocycles. The summed E-state index contributed by atoms with van der Waals surface area (Å²) in [5.41, 5.74) is 3.97. The van der Waals surface area contributed by atoms with Crippen LogP contribution in [0.25, 0.3) is 0 Å². The maximum absolute atomic E-state index is 12.2. The van der Waals surface area contributed by atoms with E-state index in [2.05, 4.69) is 48.1 Å². The lowest BCUT2D eigenvalue weighted by Gasteiger charge is -2.47. The van der Waals surface area contributed by atoms with E-state index in [9.17, 15) is 14.9 Å². The van der Waals surface area contributed by atoms with E-state index in [1.54, 1.807) is 19.1 Å². The zero-order chi connectivity index (χ0) is 22.8. The lowest BCUT2D eigenvalue weighted by molar-refractivity contribution is -0.384. The summed E-state index contributed by atoms with van der Waals surface area (Å²) in [6.07, 6.45) is 1.36. The second kappa shape index (κ2) is 8.83. The Morgan fingerprint density at radius 2 is 1.90 bits per heavy atom. The highest BCUT2D eigenvalue weighted by Gasteiger charge is 2.36. The van der Waals surface area contributed by atoms with Gasteiger partial charge in [-0.05, 0) is 62.9 Å². The number of amides is 1. The van der Waals surface area contributed by atoms with Crippen molar-refractivity contribution < 1.29 is 9.72 Å². The van der Waals surface area contributed by atoms with Gasteiger partial charge in [-0.15, -0.1) is 5.11 Å². The number of azo groups is 1. The molecule has 8 nitrogen and oxygen atoms in total. The van der Waals surface area contributed by atoms with Gasteiger partial charge in [0.15, 0.2) is 0 Å². The fourth-order valence-electron chi connectivity index (χ4n) is 4.29. The number of carbonyl (C=O) groups is 1. The van der Waals surface area contributed by atoms with E-state index in [-0.39, 0.29) is 17.1 Å². The van der Waals surface area contributed by atoms with Crippen molar-refractivity contribution in [2.24, 2.45) is 10.2 Å². The van der Waals surface area contributed by atoms with E-state index in [0.29, 0.717) is 29.4 Å². The number of non-ortho nitro benzene ring substituents is 1. The maximum Gasteiger partial charge on any atom is 0.269 e. The van der Waals surface area contributed by atoms with Gasteiger partial charge in [0, 0.05) is 36.3 Å². The molecule has 1 amide bonds. The van der Waals surface area contributed by atoms with Crippen LogP contribution in [0, 0.1) is 10.1 Å². The molecule has 0 aromatic heterocycles. The number of nitrogens with one attached hydrogen (secondary N) is 1. The van der Waals surface area contributed by atoms with Crippen molar-refractivity contribution in [3.63, 3.8) is 0 Å². The van der Waals surface area contributed by atoms with Crippen molar-refractivity contribution in [1.29, 1.82) is 0 Å². The van der Waals surface area contributed by atoms with Gasteiger partial charge in [-0.2, -0.15) is 5.11 Å². The van der Waals surface area contributed by atoms with Crippen LogP contribution < -0.4 is 10.2 Å². The fourth-order valence-corrected chi connectivity index (χ4v) is 4.29. The molecular formula is C23H29N5O3. The molecule has 31 heavy (non-hydrogen) atoms. The largest absolute Gasteiger partial charge is 0.366 e. The molecule has 0 saturated carbocycles. The first-order valence-electron chi connectivity index (χ1n) is 10.6. The number of benzene rings is 2. The van der Waals surface area contributed by atoms with Gasteiger partial charge in [0.25, 0.3) is 5.69 Å². The number of nitrogens with zero attached hydrogens (tertiary/aromatic N) is 4. The van der Waals surface area contributed by atoms with Crippen LogP contribution in [-0.2, 0) is 4.79 Å². The molecule has 0 spiro atoms. The lowest BCUT2D eigenvalue weighted by Crippen LogP contribution is -2.48. The molecule has 8 heteroatoms. The van der Waals surface area contributed by atoms with Crippen LogP contribution in [0.5, 0.6) is 0 Å². The van der Waals surface area contributed by atoms with E-state index < -0.39 is 4.92 Å². The van der Waals surface area contributed by atoms with Gasteiger partial charge >= 0.3 is 0 Å². The molecule has 0 aliphatic carbocycles. The Bertz CT molecular complexity index is 1010. The lowest BCUT2D eigenvalue weighted by atomic mass is 9.79. The van der Waals surface area contributed by atoms with E-state index in [1.165, 1.54) is 17.7 Å². The van der Waals surface area contributed by atoms with Crippen LogP contribution >= 0.6 is 0 Å². The summed E-state index contributed by atoms with van der Waals surface area (Å²) >= 11 is 0. The van der Waals surface area contributed by atoms with Crippen LogP contribution in [0.1, 0.15) is 58.9 Å². The molecule has 0 bridgehead atoms. The Hall–Kier alpha value is -3.29. The van der Waals surface area contributed by atoms with Gasteiger partial charge in [0.1, 0.15) is 5.69 Å². The SMILES string of the molecule is CCC(=O)Nc1cc2c(cc1N=Nc1ccc([N+](=O)[O-])cc1)[C@H](C)CC(C)(C)N2CC. The van der Waals surface area contributed by atoms with Crippen LogP contribution in [0.2, 0.25) is 0 Å². The van der Waals surface area contributed by atoms with E-state index >= 15 is 0 Å². The molecule has 164 valence electrons. The number of carbonyl (C=O) groups excluding carboxylic acids is 1. The molecule has 1 atom stereocenters. The number of hydrogen-bond acceptors (Lipinski definition) is 6. The number of nitro benzene ring substituents is 1. The summed E-state index contributed by atoms with van der Waals surface area (Å²) in [6.45, 7) is 11.5. The summed E-state index contributed by atoms with van der Waals surface area (Å²) in [6, 6.07) is 9.88. The van der Waals surface area contributed by atoms with Gasteiger partial charge in [0.05, 0.1) is 16.3 Å². The normalized spacial score (nSPS) is 17.5. The Kier molecular flexibility index (Phi) is 6.38. The minimum atomic E-state index is -0.453. The smallest absolute Gasteiger partial charge is 0.269 e. The first-order valence-corrected chi connectivity index (χ1v) is 10.6. The third-order valence-corrected chi connectivity index (χ3v) is 5.75. The Morgan fingerprint density at radius 3 is 2.48 bits per heavy atom. The molecule has 1 heterocycles. The number of nitro groups is 1. The molecule has 1 aliphatic heterocycles. The standard InChI is InChI=1S/C23H29N5O3/c1-6-22(29)24-19-13-21-18(15(3)14-23(4,5)27(21)7-2)12-20(19)26-25-16-8-10-17(11-9-16)28(30)31/h8-13,15H,6-7,14H2,1-5H3,(H,24,29)/t15-/m1/s1. The fraction of sp³-hybridized carbons (Fsp3) is 0.435. The first-order chi connectivity index (χ1) is 14.7. The molecule has 0 unspecified atom stereocenters. The van der Waals surface area contributed by atoms with Crippen LogP contribution in [0.3, 0.4) is 0 Å². The van der Waals surface area contributed by atoms with E-state index in [0.717, 1.165) is 18.7 Å². The highest BCUT2D eigenvalue weighted by molar-refractivity contribution is 5.95. The topological polar surface area (TPSA) is 100 Å². The summed E-state index contributed by atoms with van der Waals surface area (Å²) < 4.78 is 0. The molecular weight excluding hydrogens is 394 g/mol. The minimum Gasteiger partial charge on any atom is -0.366 e. The molecule has 0 radical (unpaired) electrons. The highest BCUT2D eigenvalue weighted by atomic mass is 16.6. The second-order valence-corrected chi connectivity index (χ2v) is 8.47. The van der Waals surface area contributed by atoms with Crippen LogP contribution in [0.15, 0.2) is 46.6 Å². The monoisotopic (exact) mass is 423 g/mol. The molecule has 2 aromatic rings. The summed E-state index contributed by atoms with van der Waals surface area (Å²) in [5, 5.41) is 22.4. The summed E-state index contributed by atoms with van der Waals surface area (Å²) in [7, 11) is 0. The highest BCUT2D eigenvalue weighted by Crippen LogP contribution is 2.47. The van der Waals surface area contributed by atoms with E-state index in [1.807, 2.05) is 12.1 Å². The zero-order valence-electron chi connectivity index (χ0n) is 18.7. The average molecular weight is 424 g/mol. The van der Waals surface area contributed by atoms with E-state index in [4.69, 9.17) is 0 Å². The molecule has 2 aromatic carbocycles. The average Bonchev–Trinajstić information content (AvgIpc) is 2.72. The zero-order valence-corrected chi connectivity index (χ0v) is 18.7. The molecule has 0 fully saturated rings. The van der Waals surface area contributed by atoms with Crippen molar-refractivity contribution in [2.45, 2.75) is 58.9 Å². The van der Waals surface area contributed by atoms with Crippen molar-refractivity contribution in [3.8, 4) is 0 Å². The van der Waals surface area contributed by atoms with Gasteiger partial charge in [-0.1, -0.05) is 13.8 Å². The van der Waals surface area contributed by atoms with Gasteiger partial charge in [-0.25, -0.2) is 0 Å². The predicted octanol–water partition coefficient (Wildman–Crippen LogP) is 6.47. The minimum absolute atomic E-state index is 0.000254. The van der Waals surface area contributed by atoms with Crippen LogP contribution in [0.4, 0.5) is 28.4 Å². The summed E-state index contributed by atoms with van der Waals surface area (Å²) in [4.78, 5) is 24.9. The quantitative estimate of drug-likeness (QED) is 0.327. The Balaban J connectivity index is 2.05. The number of anilines is 2. The Labute approximate surface area is 182 Å². The Morgan fingerprint density at radius 1 is 1.23 bits per heavy atom. The number of rotatable bonds is 6. The molecule has 1 N–H and O–H groups in total. The van der Waals surface area contributed by atoms with Crippen molar-refractivity contribution >= 4 is 34.3 Å². The number of hydrogen-bond donors (Lipinski definition) is 1. The van der Waals surface area contributed by atoms with Crippen molar-refractivity contribution in [2.75, 3.05) is 16.8 Å². The maximum atomic E-state index is 12.2. The number of fused-ring (bicyclic) bond motifs is 1. The summed E-state index contributed by atoms with van der Waals surface area (Å²) in [5.74, 6) is 0.231. The predicted molar refractivity (Wildman–Crippen MR) is 123 cm³/mol. The van der Waals surface area contributed by atoms with Crippen LogP contribution in [-0.4, -0.2) is 22.9 Å². The van der Waals surface area contributed by atoms with Gasteiger partial charge in [0.2, 0.25) is 5.91 Å². The first kappa shape index (κ1) is 22.4. The van der Waals surface area contributed by atoms with Gasteiger partial charge < -0.3 is 10.2 Å². The van der Waals surface area contributed by atoms with Gasteiger partial charge in [-0.3, -0.25) is 14.9 Å². The molecule has 1 aliphatic rings. The van der Waals surface area contributed by atoms with Crippen molar-refractivity contribution in [1.82, 2.24) is 0 Å². The third-order valence-electron chi connectivity index (χ3n) is 5.75. The third kappa shape index (κ3) is 4.73. The molecule has 3 rings (SSSR count). The van der Waals surface area contributed by atoms with Crippen molar-refractivity contribution in [3.05, 3.63) is 52.1 Å².